The van der Waals surface area contributed by atoms with E-state index in [9.17, 15) is 8.42 Å². The maximum Gasteiger partial charge on any atom is 0.221 e. The summed E-state index contributed by atoms with van der Waals surface area (Å²) in [5.74, 6) is 1.28. The predicted molar refractivity (Wildman–Crippen MR) is 66.6 cm³/mol. The molecule has 0 saturated carbocycles. The van der Waals surface area contributed by atoms with Crippen molar-refractivity contribution in [2.75, 3.05) is 28.7 Å². The van der Waals surface area contributed by atoms with Crippen molar-refractivity contribution in [3.8, 4) is 0 Å². The topological polar surface area (TPSA) is 89.2 Å². The largest absolute Gasteiger partial charge is 0.368 e. The number of nitrogens with two attached hydrogens (primary N) is 1. The Bertz CT molecular complexity index is 529. The van der Waals surface area contributed by atoms with Crippen molar-refractivity contribution in [3.63, 3.8) is 0 Å². The number of rotatable bonds is 1. The summed E-state index contributed by atoms with van der Waals surface area (Å²) in [5, 5.41) is 0. The smallest absolute Gasteiger partial charge is 0.221 e. The molecule has 0 aromatic carbocycles. The SMILES string of the molecule is Cc1cnc(N)nc1N1CCS(=O)(=O)CC1C. The van der Waals surface area contributed by atoms with Crippen LogP contribution in [0.5, 0.6) is 0 Å². The first kappa shape index (κ1) is 12.1. The summed E-state index contributed by atoms with van der Waals surface area (Å²) < 4.78 is 23.0. The molecular formula is C10H16N4O2S. The lowest BCUT2D eigenvalue weighted by Gasteiger charge is -2.34. The van der Waals surface area contributed by atoms with Gasteiger partial charge in [0.2, 0.25) is 5.95 Å². The van der Waals surface area contributed by atoms with Crippen LogP contribution in [0.1, 0.15) is 12.5 Å². The fraction of sp³-hybridized carbons (Fsp3) is 0.600. The highest BCUT2D eigenvalue weighted by Crippen LogP contribution is 2.23. The van der Waals surface area contributed by atoms with Crippen molar-refractivity contribution in [2.24, 2.45) is 0 Å². The van der Waals surface area contributed by atoms with Crippen LogP contribution in [0.4, 0.5) is 11.8 Å². The summed E-state index contributed by atoms with van der Waals surface area (Å²) in [5.41, 5.74) is 6.47. The second-order valence-corrected chi connectivity index (χ2v) is 6.62. The van der Waals surface area contributed by atoms with Crippen LogP contribution < -0.4 is 10.6 Å². The highest BCUT2D eigenvalue weighted by molar-refractivity contribution is 7.91. The molecule has 0 radical (unpaired) electrons. The minimum atomic E-state index is -2.91. The third-order valence-corrected chi connectivity index (χ3v) is 4.70. The second-order valence-electron chi connectivity index (χ2n) is 4.39. The zero-order valence-corrected chi connectivity index (χ0v) is 10.7. The van der Waals surface area contributed by atoms with Crippen LogP contribution in [0.3, 0.4) is 0 Å². The van der Waals surface area contributed by atoms with Gasteiger partial charge in [0.05, 0.1) is 11.5 Å². The molecule has 1 atom stereocenters. The predicted octanol–water partition coefficient (Wildman–Crippen LogP) is -0.00948. The molecule has 1 aliphatic rings. The van der Waals surface area contributed by atoms with E-state index in [4.69, 9.17) is 5.73 Å². The van der Waals surface area contributed by atoms with Crippen molar-refractivity contribution in [1.29, 1.82) is 0 Å². The first-order valence-corrected chi connectivity index (χ1v) is 7.27. The van der Waals surface area contributed by atoms with Crippen LogP contribution in [0.2, 0.25) is 0 Å². The lowest BCUT2D eigenvalue weighted by Crippen LogP contribution is -2.47. The van der Waals surface area contributed by atoms with Gasteiger partial charge in [-0.1, -0.05) is 0 Å². The average molecular weight is 256 g/mol. The Morgan fingerprint density at radius 3 is 2.88 bits per heavy atom. The second kappa shape index (κ2) is 4.14. The molecule has 1 saturated heterocycles. The van der Waals surface area contributed by atoms with Crippen LogP contribution >= 0.6 is 0 Å². The minimum Gasteiger partial charge on any atom is -0.368 e. The molecular weight excluding hydrogens is 240 g/mol. The van der Waals surface area contributed by atoms with Crippen molar-refractivity contribution in [2.45, 2.75) is 19.9 Å². The Balaban J connectivity index is 2.32. The summed E-state index contributed by atoms with van der Waals surface area (Å²) >= 11 is 0. The normalized spacial score (nSPS) is 23.6. The number of hydrogen-bond acceptors (Lipinski definition) is 6. The lowest BCUT2D eigenvalue weighted by atomic mass is 10.2. The standard InChI is InChI=1S/C10H16N4O2S/c1-7-5-12-10(11)13-9(7)14-3-4-17(15,16)6-8(14)2/h5,8H,3-4,6H2,1-2H3,(H2,11,12,13). The monoisotopic (exact) mass is 256 g/mol. The van der Waals surface area contributed by atoms with Gasteiger partial charge >= 0.3 is 0 Å². The molecule has 0 aliphatic carbocycles. The van der Waals surface area contributed by atoms with Crippen molar-refractivity contribution < 1.29 is 8.42 Å². The van der Waals surface area contributed by atoms with Gasteiger partial charge in [0.15, 0.2) is 9.84 Å². The van der Waals surface area contributed by atoms with Crippen molar-refractivity contribution >= 4 is 21.6 Å². The quantitative estimate of drug-likeness (QED) is 0.760. The molecule has 0 amide bonds. The maximum absolute atomic E-state index is 11.5. The summed E-state index contributed by atoms with van der Waals surface area (Å²) in [6.07, 6.45) is 1.66. The zero-order chi connectivity index (χ0) is 12.6. The average Bonchev–Trinajstić information content (AvgIpc) is 2.21. The van der Waals surface area contributed by atoms with Crippen LogP contribution in [-0.4, -0.2) is 42.5 Å². The molecule has 0 spiro atoms. The van der Waals surface area contributed by atoms with E-state index in [0.717, 1.165) is 11.4 Å². The van der Waals surface area contributed by atoms with Gasteiger partial charge in [0.25, 0.3) is 0 Å². The number of aromatic nitrogens is 2. The molecule has 17 heavy (non-hydrogen) atoms. The summed E-state index contributed by atoms with van der Waals surface area (Å²) in [6, 6.07) is -0.0817. The molecule has 2 rings (SSSR count). The van der Waals surface area contributed by atoms with Crippen LogP contribution in [0.15, 0.2) is 6.20 Å². The molecule has 1 unspecified atom stereocenters. The van der Waals surface area contributed by atoms with E-state index >= 15 is 0 Å². The van der Waals surface area contributed by atoms with Crippen molar-refractivity contribution in [3.05, 3.63) is 11.8 Å². The van der Waals surface area contributed by atoms with Crippen LogP contribution in [0, 0.1) is 6.92 Å². The van der Waals surface area contributed by atoms with Gasteiger partial charge in [0, 0.05) is 24.3 Å². The first-order valence-electron chi connectivity index (χ1n) is 5.45. The van der Waals surface area contributed by atoms with Crippen LogP contribution in [-0.2, 0) is 9.84 Å². The van der Waals surface area contributed by atoms with E-state index in [0.29, 0.717) is 6.54 Å². The Morgan fingerprint density at radius 2 is 2.24 bits per heavy atom. The Morgan fingerprint density at radius 1 is 1.53 bits per heavy atom. The van der Waals surface area contributed by atoms with Gasteiger partial charge in [0.1, 0.15) is 5.82 Å². The summed E-state index contributed by atoms with van der Waals surface area (Å²) in [7, 11) is -2.91. The minimum absolute atomic E-state index is 0.0817. The number of anilines is 2. The molecule has 1 aliphatic heterocycles. The number of hydrogen-bond donors (Lipinski definition) is 1. The number of nitrogens with zero attached hydrogens (tertiary/aromatic N) is 3. The zero-order valence-electron chi connectivity index (χ0n) is 9.92. The van der Waals surface area contributed by atoms with Gasteiger partial charge in [-0.15, -0.1) is 0 Å². The number of aryl methyl sites for hydroxylation is 1. The Kier molecular flexibility index (Phi) is 2.94. The third-order valence-electron chi connectivity index (χ3n) is 2.91. The molecule has 6 nitrogen and oxygen atoms in total. The maximum atomic E-state index is 11.5. The first-order chi connectivity index (χ1) is 7.89. The molecule has 1 aromatic rings. The van der Waals surface area contributed by atoms with Gasteiger partial charge in [-0.3, -0.25) is 0 Å². The molecule has 2 heterocycles. The summed E-state index contributed by atoms with van der Waals surface area (Å²) in [4.78, 5) is 10.1. The van der Waals surface area contributed by atoms with E-state index in [1.165, 1.54) is 0 Å². The highest BCUT2D eigenvalue weighted by atomic mass is 32.2. The molecule has 94 valence electrons. The van der Waals surface area contributed by atoms with E-state index < -0.39 is 9.84 Å². The Hall–Kier alpha value is -1.37. The van der Waals surface area contributed by atoms with Gasteiger partial charge in [-0.05, 0) is 13.8 Å². The van der Waals surface area contributed by atoms with E-state index in [-0.39, 0.29) is 23.5 Å². The molecule has 2 N–H and O–H groups in total. The fourth-order valence-electron chi connectivity index (χ4n) is 2.05. The lowest BCUT2D eigenvalue weighted by molar-refractivity contribution is 0.566. The van der Waals surface area contributed by atoms with Gasteiger partial charge < -0.3 is 10.6 Å². The van der Waals surface area contributed by atoms with E-state index in [1.807, 2.05) is 18.7 Å². The van der Waals surface area contributed by atoms with Gasteiger partial charge in [-0.25, -0.2) is 13.4 Å². The van der Waals surface area contributed by atoms with Crippen molar-refractivity contribution in [1.82, 2.24) is 9.97 Å². The molecule has 7 heteroatoms. The summed E-state index contributed by atoms with van der Waals surface area (Å²) in [6.45, 7) is 4.24. The fourth-order valence-corrected chi connectivity index (χ4v) is 3.61. The highest BCUT2D eigenvalue weighted by Gasteiger charge is 2.29. The number of sulfone groups is 1. The van der Waals surface area contributed by atoms with E-state index in [1.54, 1.807) is 6.20 Å². The third kappa shape index (κ3) is 2.49. The van der Waals surface area contributed by atoms with E-state index in [2.05, 4.69) is 9.97 Å². The number of nitrogen functional groups attached to an aromatic ring is 1. The molecule has 1 aromatic heterocycles. The van der Waals surface area contributed by atoms with Crippen LogP contribution in [0.25, 0.3) is 0 Å². The molecule has 1 fully saturated rings. The van der Waals surface area contributed by atoms with Gasteiger partial charge in [-0.2, -0.15) is 4.98 Å². The molecule has 0 bridgehead atoms. The Labute approximate surface area is 101 Å².